The highest BCUT2D eigenvalue weighted by Crippen LogP contribution is 2.21. The second kappa shape index (κ2) is 7.83. The maximum Gasteiger partial charge on any atom is 0.161 e. The fraction of sp³-hybridized carbons (Fsp3) is 0.929. The van der Waals surface area contributed by atoms with Crippen LogP contribution in [0, 0.1) is 0 Å². The molecule has 1 fully saturated rings. The van der Waals surface area contributed by atoms with Crippen LogP contribution in [0.5, 0.6) is 0 Å². The monoisotopic (exact) mass is 226 g/mol. The van der Waals surface area contributed by atoms with Gasteiger partial charge in [0.25, 0.3) is 0 Å². The minimum Gasteiger partial charge on any atom is -0.368 e. The van der Waals surface area contributed by atoms with Gasteiger partial charge >= 0.3 is 0 Å². The van der Waals surface area contributed by atoms with Crippen LogP contribution < -0.4 is 0 Å². The predicted octanol–water partition coefficient (Wildman–Crippen LogP) is 3.87. The molecule has 1 aliphatic heterocycles. The fourth-order valence-corrected chi connectivity index (χ4v) is 2.28. The Balaban J connectivity index is 1.98. The van der Waals surface area contributed by atoms with Gasteiger partial charge in [0.2, 0.25) is 0 Å². The summed E-state index contributed by atoms with van der Waals surface area (Å²) >= 11 is 0. The summed E-state index contributed by atoms with van der Waals surface area (Å²) in [5.41, 5.74) is 0. The number of hydrogen-bond acceptors (Lipinski definition) is 2. The maximum atomic E-state index is 11.8. The Morgan fingerprint density at radius 3 is 2.44 bits per heavy atom. The molecular formula is C14H26O2. The largest absolute Gasteiger partial charge is 0.368 e. The summed E-state index contributed by atoms with van der Waals surface area (Å²) in [5, 5.41) is 0. The third kappa shape index (κ3) is 5.11. The quantitative estimate of drug-likeness (QED) is 0.587. The van der Waals surface area contributed by atoms with E-state index in [0.29, 0.717) is 11.9 Å². The molecule has 1 heterocycles. The fourth-order valence-electron chi connectivity index (χ4n) is 2.28. The van der Waals surface area contributed by atoms with Gasteiger partial charge in [0.1, 0.15) is 6.10 Å². The Morgan fingerprint density at radius 1 is 1.12 bits per heavy atom. The molecule has 0 aromatic rings. The van der Waals surface area contributed by atoms with Gasteiger partial charge in [-0.05, 0) is 26.2 Å². The zero-order chi connectivity index (χ0) is 11.8. The van der Waals surface area contributed by atoms with Crippen molar-refractivity contribution in [1.82, 2.24) is 0 Å². The van der Waals surface area contributed by atoms with Crippen LogP contribution in [0.3, 0.4) is 0 Å². The summed E-state index contributed by atoms with van der Waals surface area (Å²) in [6, 6.07) is 0. The topological polar surface area (TPSA) is 26.3 Å². The van der Waals surface area contributed by atoms with Crippen molar-refractivity contribution in [2.45, 2.75) is 83.8 Å². The standard InChI is InChI=1S/C14H26O2/c1-3-4-5-6-7-8-9-13(15)14-11-10-12(2)16-14/h12,14H,3-11H2,1-2H3. The van der Waals surface area contributed by atoms with Gasteiger partial charge in [-0.3, -0.25) is 4.79 Å². The summed E-state index contributed by atoms with van der Waals surface area (Å²) in [6.07, 6.45) is 10.4. The second-order valence-electron chi connectivity index (χ2n) is 5.00. The highest BCUT2D eigenvalue weighted by Gasteiger charge is 2.27. The van der Waals surface area contributed by atoms with Crippen LogP contribution in [-0.4, -0.2) is 18.0 Å². The molecule has 0 spiro atoms. The zero-order valence-corrected chi connectivity index (χ0v) is 10.8. The average molecular weight is 226 g/mol. The molecule has 0 N–H and O–H groups in total. The number of Topliss-reactive ketones (excluding diaryl/α,β-unsaturated/α-hetero) is 1. The molecule has 0 saturated carbocycles. The lowest BCUT2D eigenvalue weighted by molar-refractivity contribution is -0.129. The SMILES string of the molecule is CCCCCCCCC(=O)C1CCC(C)O1. The number of carbonyl (C=O) groups is 1. The smallest absolute Gasteiger partial charge is 0.161 e. The third-order valence-corrected chi connectivity index (χ3v) is 3.37. The van der Waals surface area contributed by atoms with E-state index in [1.54, 1.807) is 0 Å². The second-order valence-corrected chi connectivity index (χ2v) is 5.00. The van der Waals surface area contributed by atoms with Gasteiger partial charge in [-0.15, -0.1) is 0 Å². The van der Waals surface area contributed by atoms with Crippen LogP contribution in [0.1, 0.15) is 71.6 Å². The van der Waals surface area contributed by atoms with Crippen LogP contribution in [0.25, 0.3) is 0 Å². The van der Waals surface area contributed by atoms with Crippen molar-refractivity contribution < 1.29 is 9.53 Å². The Hall–Kier alpha value is -0.370. The average Bonchev–Trinajstić information content (AvgIpc) is 2.70. The Morgan fingerprint density at radius 2 is 1.81 bits per heavy atom. The van der Waals surface area contributed by atoms with Crippen molar-refractivity contribution in [3.05, 3.63) is 0 Å². The molecule has 0 aliphatic carbocycles. The maximum absolute atomic E-state index is 11.8. The Bertz CT molecular complexity index is 201. The first kappa shape index (κ1) is 13.7. The molecule has 2 heteroatoms. The zero-order valence-electron chi connectivity index (χ0n) is 10.8. The van der Waals surface area contributed by atoms with E-state index in [4.69, 9.17) is 4.74 Å². The van der Waals surface area contributed by atoms with E-state index in [-0.39, 0.29) is 6.10 Å². The molecule has 0 bridgehead atoms. The Labute approximate surface area is 99.8 Å². The van der Waals surface area contributed by atoms with Crippen molar-refractivity contribution in [2.75, 3.05) is 0 Å². The Kier molecular flexibility index (Phi) is 6.70. The van der Waals surface area contributed by atoms with Gasteiger partial charge in [0, 0.05) is 6.42 Å². The molecule has 94 valence electrons. The molecule has 1 saturated heterocycles. The minimum atomic E-state index is -0.0781. The van der Waals surface area contributed by atoms with Crippen LogP contribution in [0.15, 0.2) is 0 Å². The minimum absolute atomic E-state index is 0.0781. The highest BCUT2D eigenvalue weighted by molar-refractivity contribution is 5.83. The predicted molar refractivity (Wildman–Crippen MR) is 66.6 cm³/mol. The first-order valence-corrected chi connectivity index (χ1v) is 6.92. The number of ether oxygens (including phenoxy) is 1. The molecule has 1 rings (SSSR count). The van der Waals surface area contributed by atoms with E-state index in [0.717, 1.165) is 25.7 Å². The normalized spacial score (nSPS) is 24.9. The summed E-state index contributed by atoms with van der Waals surface area (Å²) in [5.74, 6) is 0.333. The lowest BCUT2D eigenvalue weighted by Crippen LogP contribution is -2.20. The first-order valence-electron chi connectivity index (χ1n) is 6.92. The van der Waals surface area contributed by atoms with E-state index in [2.05, 4.69) is 13.8 Å². The molecule has 0 aromatic heterocycles. The van der Waals surface area contributed by atoms with Crippen molar-refractivity contribution in [1.29, 1.82) is 0 Å². The molecule has 16 heavy (non-hydrogen) atoms. The lowest BCUT2D eigenvalue weighted by atomic mass is 10.0. The van der Waals surface area contributed by atoms with Gasteiger partial charge in [0.15, 0.2) is 5.78 Å². The summed E-state index contributed by atoms with van der Waals surface area (Å²) < 4.78 is 5.57. The number of unbranched alkanes of at least 4 members (excludes halogenated alkanes) is 5. The van der Waals surface area contributed by atoms with E-state index < -0.39 is 0 Å². The molecule has 0 radical (unpaired) electrons. The van der Waals surface area contributed by atoms with E-state index in [1.165, 1.54) is 32.1 Å². The van der Waals surface area contributed by atoms with Crippen LogP contribution in [0.4, 0.5) is 0 Å². The van der Waals surface area contributed by atoms with Crippen molar-refractivity contribution >= 4 is 5.78 Å². The van der Waals surface area contributed by atoms with Gasteiger partial charge in [0.05, 0.1) is 6.10 Å². The van der Waals surface area contributed by atoms with Crippen LogP contribution >= 0.6 is 0 Å². The number of ketones is 1. The van der Waals surface area contributed by atoms with Gasteiger partial charge in [-0.25, -0.2) is 0 Å². The van der Waals surface area contributed by atoms with Gasteiger partial charge < -0.3 is 4.74 Å². The molecule has 2 unspecified atom stereocenters. The van der Waals surface area contributed by atoms with Crippen molar-refractivity contribution in [2.24, 2.45) is 0 Å². The summed E-state index contributed by atoms with van der Waals surface area (Å²) in [7, 11) is 0. The lowest BCUT2D eigenvalue weighted by Gasteiger charge is -2.09. The summed E-state index contributed by atoms with van der Waals surface area (Å²) in [6.45, 7) is 4.28. The molecule has 0 amide bonds. The van der Waals surface area contributed by atoms with Crippen molar-refractivity contribution in [3.8, 4) is 0 Å². The molecule has 0 aromatic carbocycles. The molecule has 2 nitrogen and oxygen atoms in total. The third-order valence-electron chi connectivity index (χ3n) is 3.37. The van der Waals surface area contributed by atoms with Crippen LogP contribution in [-0.2, 0) is 9.53 Å². The summed E-state index contributed by atoms with van der Waals surface area (Å²) in [4.78, 5) is 11.8. The van der Waals surface area contributed by atoms with E-state index >= 15 is 0 Å². The molecular weight excluding hydrogens is 200 g/mol. The van der Waals surface area contributed by atoms with Crippen molar-refractivity contribution in [3.63, 3.8) is 0 Å². The number of rotatable bonds is 8. The van der Waals surface area contributed by atoms with E-state index in [1.807, 2.05) is 0 Å². The number of carbonyl (C=O) groups excluding carboxylic acids is 1. The molecule has 1 aliphatic rings. The first-order chi connectivity index (χ1) is 7.74. The van der Waals surface area contributed by atoms with Gasteiger partial charge in [-0.2, -0.15) is 0 Å². The molecule has 2 atom stereocenters. The van der Waals surface area contributed by atoms with Gasteiger partial charge in [-0.1, -0.05) is 39.0 Å². The van der Waals surface area contributed by atoms with Crippen LogP contribution in [0.2, 0.25) is 0 Å². The highest BCUT2D eigenvalue weighted by atomic mass is 16.5. The van der Waals surface area contributed by atoms with E-state index in [9.17, 15) is 4.79 Å². The number of hydrogen-bond donors (Lipinski definition) is 0.